The summed E-state index contributed by atoms with van der Waals surface area (Å²) in [5, 5.41) is 4.62. The molecule has 0 saturated carbocycles. The molecule has 1 fully saturated rings. The van der Waals surface area contributed by atoms with Crippen LogP contribution in [0.4, 0.5) is 0 Å². The Morgan fingerprint density at radius 1 is 1.18 bits per heavy atom. The first kappa shape index (κ1) is 19.9. The quantitative estimate of drug-likeness (QED) is 0.619. The van der Waals surface area contributed by atoms with Gasteiger partial charge < -0.3 is 9.64 Å². The fraction of sp³-hybridized carbons (Fsp3) is 0.286. The van der Waals surface area contributed by atoms with Gasteiger partial charge in [0.25, 0.3) is 5.91 Å². The van der Waals surface area contributed by atoms with Crippen LogP contribution < -0.4 is 10.2 Å². The van der Waals surface area contributed by atoms with Crippen molar-refractivity contribution in [1.82, 2.24) is 10.3 Å². The zero-order valence-corrected chi connectivity index (χ0v) is 16.4. The lowest BCUT2D eigenvalue weighted by Gasteiger charge is -2.31. The summed E-state index contributed by atoms with van der Waals surface area (Å²) in [6, 6.07) is 14.3. The molecule has 6 nitrogen and oxygen atoms in total. The van der Waals surface area contributed by atoms with E-state index in [9.17, 15) is 9.59 Å². The molecule has 0 radical (unpaired) electrons. The molecule has 1 saturated heterocycles. The summed E-state index contributed by atoms with van der Waals surface area (Å²) in [5.74, 6) is 0.400. The molecular weight excluding hydrogens is 378 g/mol. The van der Waals surface area contributed by atoms with Crippen LogP contribution in [0, 0.1) is 5.92 Å². The number of halogens is 1. The number of likely N-dealkylation sites (tertiary alicyclic amines) is 1. The van der Waals surface area contributed by atoms with Crippen molar-refractivity contribution in [2.75, 3.05) is 20.2 Å². The second-order valence-corrected chi connectivity index (χ2v) is 7.02. The van der Waals surface area contributed by atoms with Crippen molar-refractivity contribution >= 4 is 29.6 Å². The number of rotatable bonds is 5. The number of ether oxygens (including phenoxy) is 1. The van der Waals surface area contributed by atoms with Gasteiger partial charge in [-0.05, 0) is 54.8 Å². The molecule has 0 aromatic heterocycles. The Kier molecular flexibility index (Phi) is 6.66. The van der Waals surface area contributed by atoms with Crippen LogP contribution in [0.15, 0.2) is 53.6 Å². The van der Waals surface area contributed by atoms with Crippen molar-refractivity contribution in [2.45, 2.75) is 12.8 Å². The largest absolute Gasteiger partial charge is 0.497 e. The highest BCUT2D eigenvalue weighted by atomic mass is 35.5. The van der Waals surface area contributed by atoms with E-state index >= 15 is 0 Å². The molecule has 1 aliphatic rings. The molecule has 1 heterocycles. The van der Waals surface area contributed by atoms with E-state index in [1.807, 2.05) is 12.1 Å². The van der Waals surface area contributed by atoms with E-state index in [1.165, 1.54) is 0 Å². The molecule has 0 bridgehead atoms. The van der Waals surface area contributed by atoms with Gasteiger partial charge in [-0.25, -0.2) is 5.43 Å². The number of methoxy groups -OCH3 is 1. The van der Waals surface area contributed by atoms with E-state index < -0.39 is 0 Å². The van der Waals surface area contributed by atoms with Gasteiger partial charge in [0.2, 0.25) is 5.91 Å². The average Bonchev–Trinajstić information content (AvgIpc) is 2.73. The number of piperidine rings is 1. The molecule has 0 spiro atoms. The highest BCUT2D eigenvalue weighted by Crippen LogP contribution is 2.20. The van der Waals surface area contributed by atoms with E-state index in [0.29, 0.717) is 42.3 Å². The van der Waals surface area contributed by atoms with Crippen LogP contribution in [0.5, 0.6) is 5.75 Å². The molecule has 146 valence electrons. The lowest BCUT2D eigenvalue weighted by Crippen LogP contribution is -2.42. The number of benzene rings is 2. The molecular formula is C21H22ClN3O3. The first-order chi connectivity index (χ1) is 13.6. The van der Waals surface area contributed by atoms with Gasteiger partial charge in [-0.1, -0.05) is 23.7 Å². The Hall–Kier alpha value is -2.86. The van der Waals surface area contributed by atoms with Crippen molar-refractivity contribution < 1.29 is 14.3 Å². The minimum absolute atomic E-state index is 0.0273. The number of hydrogen-bond acceptors (Lipinski definition) is 4. The van der Waals surface area contributed by atoms with Crippen LogP contribution in [0.25, 0.3) is 0 Å². The van der Waals surface area contributed by atoms with Gasteiger partial charge in [-0.2, -0.15) is 5.10 Å². The van der Waals surface area contributed by atoms with E-state index in [0.717, 1.165) is 5.56 Å². The monoisotopic (exact) mass is 399 g/mol. The third kappa shape index (κ3) is 5.10. The Labute approximate surface area is 169 Å². The number of hydrogen-bond donors (Lipinski definition) is 1. The van der Waals surface area contributed by atoms with Crippen LogP contribution >= 0.6 is 11.6 Å². The number of nitrogens with zero attached hydrogens (tertiary/aromatic N) is 2. The van der Waals surface area contributed by atoms with Gasteiger partial charge in [0.05, 0.1) is 13.3 Å². The van der Waals surface area contributed by atoms with Crippen molar-refractivity contribution in [3.05, 3.63) is 64.7 Å². The molecule has 2 aromatic rings. The molecule has 7 heteroatoms. The van der Waals surface area contributed by atoms with Crippen LogP contribution in [0.2, 0.25) is 5.02 Å². The molecule has 1 N–H and O–H groups in total. The lowest BCUT2D eigenvalue weighted by molar-refractivity contribution is -0.126. The standard InChI is InChI=1S/C21H22ClN3O3/c1-28-19-7-5-17(6-8-19)21(27)25-11-9-16(10-12-25)20(26)24-23-14-15-3-2-4-18(22)13-15/h2-8,13-14,16H,9-12H2,1H3,(H,24,26)/b23-14-. The summed E-state index contributed by atoms with van der Waals surface area (Å²) >= 11 is 5.92. The first-order valence-corrected chi connectivity index (χ1v) is 9.46. The molecule has 2 amide bonds. The number of nitrogens with one attached hydrogen (secondary N) is 1. The zero-order valence-electron chi connectivity index (χ0n) is 15.6. The molecule has 28 heavy (non-hydrogen) atoms. The second kappa shape index (κ2) is 9.37. The first-order valence-electron chi connectivity index (χ1n) is 9.08. The van der Waals surface area contributed by atoms with Crippen molar-refractivity contribution in [3.8, 4) is 5.75 Å². The lowest BCUT2D eigenvalue weighted by atomic mass is 9.95. The Morgan fingerprint density at radius 3 is 2.54 bits per heavy atom. The Balaban J connectivity index is 1.48. The predicted molar refractivity (Wildman–Crippen MR) is 109 cm³/mol. The zero-order chi connectivity index (χ0) is 19.9. The van der Waals surface area contributed by atoms with E-state index in [4.69, 9.17) is 16.3 Å². The molecule has 0 aliphatic carbocycles. The Bertz CT molecular complexity index is 859. The van der Waals surface area contributed by atoms with Gasteiger partial charge in [0.1, 0.15) is 5.75 Å². The third-order valence-electron chi connectivity index (χ3n) is 4.73. The SMILES string of the molecule is COc1ccc(C(=O)N2CCC(C(=O)N/N=C\c3cccc(Cl)c3)CC2)cc1. The smallest absolute Gasteiger partial charge is 0.253 e. The molecule has 3 rings (SSSR count). The number of carbonyl (C=O) groups excluding carboxylic acids is 2. The molecule has 1 aliphatic heterocycles. The maximum absolute atomic E-state index is 12.6. The summed E-state index contributed by atoms with van der Waals surface area (Å²) < 4.78 is 5.11. The molecule has 0 unspecified atom stereocenters. The minimum Gasteiger partial charge on any atom is -0.497 e. The number of hydrazone groups is 1. The van der Waals surface area contributed by atoms with Crippen LogP contribution in [0.1, 0.15) is 28.8 Å². The van der Waals surface area contributed by atoms with E-state index in [2.05, 4.69) is 10.5 Å². The Morgan fingerprint density at radius 2 is 1.89 bits per heavy atom. The number of amides is 2. The normalized spacial score (nSPS) is 14.9. The number of carbonyl (C=O) groups is 2. The highest BCUT2D eigenvalue weighted by molar-refractivity contribution is 6.30. The maximum atomic E-state index is 12.6. The van der Waals surface area contributed by atoms with Gasteiger partial charge in [-0.3, -0.25) is 9.59 Å². The van der Waals surface area contributed by atoms with Gasteiger partial charge in [0, 0.05) is 29.6 Å². The van der Waals surface area contributed by atoms with Gasteiger partial charge in [-0.15, -0.1) is 0 Å². The maximum Gasteiger partial charge on any atom is 0.253 e. The molecule has 0 atom stereocenters. The fourth-order valence-corrected chi connectivity index (χ4v) is 3.31. The highest BCUT2D eigenvalue weighted by Gasteiger charge is 2.27. The van der Waals surface area contributed by atoms with Crippen LogP contribution in [0.3, 0.4) is 0 Å². The van der Waals surface area contributed by atoms with Crippen molar-refractivity contribution in [2.24, 2.45) is 11.0 Å². The fourth-order valence-electron chi connectivity index (χ4n) is 3.11. The van der Waals surface area contributed by atoms with Gasteiger partial charge >= 0.3 is 0 Å². The predicted octanol–water partition coefficient (Wildman–Crippen LogP) is 3.35. The minimum atomic E-state index is -0.156. The topological polar surface area (TPSA) is 71.0 Å². The van der Waals surface area contributed by atoms with Crippen LogP contribution in [-0.2, 0) is 4.79 Å². The van der Waals surface area contributed by atoms with E-state index in [1.54, 1.807) is 54.6 Å². The second-order valence-electron chi connectivity index (χ2n) is 6.58. The van der Waals surface area contributed by atoms with Crippen LogP contribution in [-0.4, -0.2) is 43.1 Å². The van der Waals surface area contributed by atoms with Crippen molar-refractivity contribution in [3.63, 3.8) is 0 Å². The van der Waals surface area contributed by atoms with Gasteiger partial charge in [0.15, 0.2) is 0 Å². The summed E-state index contributed by atoms with van der Waals surface area (Å²) in [7, 11) is 1.59. The van der Waals surface area contributed by atoms with Crippen molar-refractivity contribution in [1.29, 1.82) is 0 Å². The summed E-state index contributed by atoms with van der Waals surface area (Å²) in [6.45, 7) is 1.09. The molecule has 2 aromatic carbocycles. The van der Waals surface area contributed by atoms with E-state index in [-0.39, 0.29) is 17.7 Å². The third-order valence-corrected chi connectivity index (χ3v) is 4.96. The average molecular weight is 400 g/mol. The summed E-state index contributed by atoms with van der Waals surface area (Å²) in [4.78, 5) is 26.7. The summed E-state index contributed by atoms with van der Waals surface area (Å²) in [5.41, 5.74) is 4.01. The summed E-state index contributed by atoms with van der Waals surface area (Å²) in [6.07, 6.45) is 2.78.